The van der Waals surface area contributed by atoms with E-state index in [2.05, 4.69) is 10.6 Å². The van der Waals surface area contributed by atoms with E-state index in [0.717, 1.165) is 11.1 Å². The highest BCUT2D eigenvalue weighted by Gasteiger charge is 2.38. The maximum absolute atomic E-state index is 12.5. The van der Waals surface area contributed by atoms with Gasteiger partial charge >= 0.3 is 0 Å². The number of carbonyl (C=O) groups excluding carboxylic acids is 4. The van der Waals surface area contributed by atoms with Crippen molar-refractivity contribution in [2.24, 2.45) is 0 Å². The first-order chi connectivity index (χ1) is 10.6. The van der Waals surface area contributed by atoms with Crippen molar-refractivity contribution in [3.63, 3.8) is 0 Å². The van der Waals surface area contributed by atoms with Crippen molar-refractivity contribution in [2.45, 2.75) is 32.0 Å². The van der Waals surface area contributed by atoms with Crippen LogP contribution in [-0.4, -0.2) is 35.1 Å². The summed E-state index contributed by atoms with van der Waals surface area (Å²) in [5, 5.41) is 4.82. The van der Waals surface area contributed by atoms with Gasteiger partial charge in [0.25, 0.3) is 5.91 Å². The molecule has 0 saturated carbocycles. The molecule has 1 saturated heterocycles. The number of piperidine rings is 1. The van der Waals surface area contributed by atoms with Gasteiger partial charge in [-0.2, -0.15) is 0 Å². The smallest absolute Gasteiger partial charge is 0.255 e. The van der Waals surface area contributed by atoms with Gasteiger partial charge in [-0.25, -0.2) is 0 Å². The molecule has 2 N–H and O–H groups in total. The van der Waals surface area contributed by atoms with Crippen molar-refractivity contribution in [1.82, 2.24) is 15.5 Å². The van der Waals surface area contributed by atoms with Gasteiger partial charge in [-0.1, -0.05) is 12.1 Å². The molecule has 1 fully saturated rings. The summed E-state index contributed by atoms with van der Waals surface area (Å²) >= 11 is 0. The lowest BCUT2D eigenvalue weighted by Crippen LogP contribution is -2.52. The Morgan fingerprint density at radius 2 is 2.14 bits per heavy atom. The number of hydrogen-bond donors (Lipinski definition) is 2. The number of imide groups is 1. The van der Waals surface area contributed by atoms with Gasteiger partial charge in [0, 0.05) is 25.1 Å². The molecule has 0 radical (unpaired) electrons. The number of rotatable bonds is 4. The van der Waals surface area contributed by atoms with E-state index in [1.807, 2.05) is 12.1 Å². The summed E-state index contributed by atoms with van der Waals surface area (Å²) in [7, 11) is 0. The topological polar surface area (TPSA) is 95.6 Å². The van der Waals surface area contributed by atoms with Gasteiger partial charge < -0.3 is 10.2 Å². The van der Waals surface area contributed by atoms with Crippen LogP contribution in [0.15, 0.2) is 18.2 Å². The van der Waals surface area contributed by atoms with E-state index in [1.165, 1.54) is 4.90 Å². The predicted molar refractivity (Wildman–Crippen MR) is 75.4 cm³/mol. The summed E-state index contributed by atoms with van der Waals surface area (Å²) in [6, 6.07) is 4.81. The number of amides is 4. The van der Waals surface area contributed by atoms with Gasteiger partial charge in [-0.3, -0.25) is 24.5 Å². The summed E-state index contributed by atoms with van der Waals surface area (Å²) in [5.74, 6) is -0.926. The SMILES string of the molecule is O=CNCc1ccc2c(c1)C(=O)N(C1CCC(=O)NC1=O)C2. The van der Waals surface area contributed by atoms with Crippen LogP contribution in [0.4, 0.5) is 0 Å². The van der Waals surface area contributed by atoms with Crippen molar-refractivity contribution in [2.75, 3.05) is 0 Å². The maximum Gasteiger partial charge on any atom is 0.255 e. The maximum atomic E-state index is 12.5. The summed E-state index contributed by atoms with van der Waals surface area (Å²) in [4.78, 5) is 47.5. The number of nitrogens with zero attached hydrogens (tertiary/aromatic N) is 1. The fourth-order valence-corrected chi connectivity index (χ4v) is 2.87. The minimum absolute atomic E-state index is 0.211. The Labute approximate surface area is 126 Å². The summed E-state index contributed by atoms with van der Waals surface area (Å²) in [5.41, 5.74) is 2.23. The van der Waals surface area contributed by atoms with Crippen LogP contribution in [0.3, 0.4) is 0 Å². The lowest BCUT2D eigenvalue weighted by Gasteiger charge is -2.29. The second-order valence-corrected chi connectivity index (χ2v) is 5.39. The molecule has 2 heterocycles. The third kappa shape index (κ3) is 2.45. The zero-order valence-corrected chi connectivity index (χ0v) is 11.8. The standard InChI is InChI=1S/C15H15N3O4/c19-8-16-6-9-1-2-10-7-18(15(22)11(10)5-9)12-3-4-13(20)17-14(12)21/h1-2,5,8,12H,3-4,6-7H2,(H,16,19)(H,17,20,21). The molecular weight excluding hydrogens is 286 g/mol. The molecule has 1 atom stereocenters. The van der Waals surface area contributed by atoms with Gasteiger partial charge in [0.15, 0.2) is 0 Å². The Bertz CT molecular complexity index is 671. The Balaban J connectivity index is 1.80. The molecule has 3 rings (SSSR count). The third-order valence-electron chi connectivity index (χ3n) is 3.98. The zero-order valence-electron chi connectivity index (χ0n) is 11.8. The number of hydrogen-bond acceptors (Lipinski definition) is 4. The van der Waals surface area contributed by atoms with E-state index in [0.29, 0.717) is 31.5 Å². The van der Waals surface area contributed by atoms with E-state index in [1.54, 1.807) is 6.07 Å². The molecule has 7 nitrogen and oxygen atoms in total. The molecule has 0 aromatic heterocycles. The zero-order chi connectivity index (χ0) is 15.7. The molecular formula is C15H15N3O4. The van der Waals surface area contributed by atoms with Crippen LogP contribution in [-0.2, 0) is 27.5 Å². The van der Waals surface area contributed by atoms with Crippen LogP contribution in [0.2, 0.25) is 0 Å². The lowest BCUT2D eigenvalue weighted by molar-refractivity contribution is -0.136. The molecule has 0 spiro atoms. The van der Waals surface area contributed by atoms with E-state index < -0.39 is 11.9 Å². The van der Waals surface area contributed by atoms with Gasteiger partial charge in [-0.05, 0) is 23.6 Å². The average molecular weight is 301 g/mol. The normalized spacial score (nSPS) is 20.6. The van der Waals surface area contributed by atoms with E-state index in [4.69, 9.17) is 0 Å². The van der Waals surface area contributed by atoms with Crippen LogP contribution in [0.1, 0.15) is 34.3 Å². The van der Waals surface area contributed by atoms with E-state index in [-0.39, 0.29) is 18.2 Å². The number of nitrogens with one attached hydrogen (secondary N) is 2. The molecule has 0 bridgehead atoms. The first-order valence-electron chi connectivity index (χ1n) is 7.03. The number of benzene rings is 1. The van der Waals surface area contributed by atoms with Gasteiger partial charge in [0.1, 0.15) is 6.04 Å². The van der Waals surface area contributed by atoms with E-state index >= 15 is 0 Å². The minimum atomic E-state index is -0.603. The van der Waals surface area contributed by atoms with Crippen molar-refractivity contribution < 1.29 is 19.2 Å². The Kier molecular flexibility index (Phi) is 3.62. The molecule has 1 unspecified atom stereocenters. The molecule has 1 aromatic rings. The highest BCUT2D eigenvalue weighted by atomic mass is 16.2. The number of fused-ring (bicyclic) bond motifs is 1. The van der Waals surface area contributed by atoms with Gasteiger partial charge in [-0.15, -0.1) is 0 Å². The van der Waals surface area contributed by atoms with Gasteiger partial charge in [0.2, 0.25) is 18.2 Å². The lowest BCUT2D eigenvalue weighted by atomic mass is 10.0. The molecule has 2 aliphatic heterocycles. The average Bonchev–Trinajstić information content (AvgIpc) is 2.82. The van der Waals surface area contributed by atoms with Gasteiger partial charge in [0.05, 0.1) is 0 Å². The first kappa shape index (κ1) is 14.2. The molecule has 2 aliphatic rings. The summed E-state index contributed by atoms with van der Waals surface area (Å²) < 4.78 is 0. The third-order valence-corrected chi connectivity index (χ3v) is 3.98. The summed E-state index contributed by atoms with van der Waals surface area (Å²) in [6.07, 6.45) is 1.19. The molecule has 4 amide bonds. The minimum Gasteiger partial charge on any atom is -0.355 e. The number of carbonyl (C=O) groups is 4. The van der Waals surface area contributed by atoms with Crippen LogP contribution < -0.4 is 10.6 Å². The Hall–Kier alpha value is -2.70. The van der Waals surface area contributed by atoms with Crippen LogP contribution in [0.5, 0.6) is 0 Å². The monoisotopic (exact) mass is 301 g/mol. The highest BCUT2D eigenvalue weighted by molar-refractivity contribution is 6.05. The van der Waals surface area contributed by atoms with Crippen molar-refractivity contribution in [3.8, 4) is 0 Å². The van der Waals surface area contributed by atoms with Crippen molar-refractivity contribution in [1.29, 1.82) is 0 Å². The first-order valence-corrected chi connectivity index (χ1v) is 7.03. The molecule has 1 aromatic carbocycles. The summed E-state index contributed by atoms with van der Waals surface area (Å²) in [6.45, 7) is 0.713. The molecule has 0 aliphatic carbocycles. The van der Waals surface area contributed by atoms with Crippen molar-refractivity contribution >= 4 is 24.1 Å². The fraction of sp³-hybridized carbons (Fsp3) is 0.333. The fourth-order valence-electron chi connectivity index (χ4n) is 2.87. The molecule has 7 heteroatoms. The van der Waals surface area contributed by atoms with Crippen LogP contribution in [0, 0.1) is 0 Å². The second-order valence-electron chi connectivity index (χ2n) is 5.39. The highest BCUT2D eigenvalue weighted by Crippen LogP contribution is 2.28. The van der Waals surface area contributed by atoms with Crippen LogP contribution >= 0.6 is 0 Å². The Morgan fingerprint density at radius 1 is 1.32 bits per heavy atom. The van der Waals surface area contributed by atoms with Crippen LogP contribution in [0.25, 0.3) is 0 Å². The second kappa shape index (κ2) is 5.59. The van der Waals surface area contributed by atoms with E-state index in [9.17, 15) is 19.2 Å². The van der Waals surface area contributed by atoms with Crippen molar-refractivity contribution in [3.05, 3.63) is 34.9 Å². The largest absolute Gasteiger partial charge is 0.355 e. The molecule has 22 heavy (non-hydrogen) atoms. The predicted octanol–water partition coefficient (Wildman–Crippen LogP) is -0.306. The Morgan fingerprint density at radius 3 is 2.86 bits per heavy atom. The molecule has 114 valence electrons. The quantitative estimate of drug-likeness (QED) is 0.589.